The summed E-state index contributed by atoms with van der Waals surface area (Å²) in [6.45, 7) is 5.20. The molecule has 0 atom stereocenters. The molecule has 1 aromatic carbocycles. The molecule has 2 N–H and O–H groups in total. The monoisotopic (exact) mass is 444 g/mol. The van der Waals surface area contributed by atoms with E-state index in [4.69, 9.17) is 0 Å². The SMILES string of the molecule is CN=C(NCCNC(=O)c1cccc(Br)c1)N1CCS(=O)(=O)C(C)(C)C1. The molecule has 0 aliphatic carbocycles. The number of hydrogen-bond acceptors (Lipinski definition) is 4. The molecular weight excluding hydrogens is 420 g/mol. The minimum Gasteiger partial charge on any atom is -0.354 e. The largest absolute Gasteiger partial charge is 0.354 e. The van der Waals surface area contributed by atoms with Crippen molar-refractivity contribution >= 4 is 37.6 Å². The average Bonchev–Trinajstić information content (AvgIpc) is 2.57. The molecule has 144 valence electrons. The molecule has 1 heterocycles. The molecule has 0 saturated carbocycles. The topological polar surface area (TPSA) is 90.9 Å². The van der Waals surface area contributed by atoms with Crippen LogP contribution in [0.1, 0.15) is 24.2 Å². The third-order valence-electron chi connectivity index (χ3n) is 4.34. The van der Waals surface area contributed by atoms with Gasteiger partial charge in [-0.3, -0.25) is 9.79 Å². The van der Waals surface area contributed by atoms with E-state index in [2.05, 4.69) is 31.6 Å². The molecule has 0 radical (unpaired) electrons. The average molecular weight is 445 g/mol. The number of aliphatic imine (C=N–C) groups is 1. The van der Waals surface area contributed by atoms with E-state index in [0.717, 1.165) is 4.47 Å². The van der Waals surface area contributed by atoms with E-state index >= 15 is 0 Å². The summed E-state index contributed by atoms with van der Waals surface area (Å²) in [5.41, 5.74) is 0.590. The molecule has 7 nitrogen and oxygen atoms in total. The van der Waals surface area contributed by atoms with Crippen LogP contribution in [-0.2, 0) is 9.84 Å². The van der Waals surface area contributed by atoms with E-state index in [1.165, 1.54) is 0 Å². The number of hydrogen-bond donors (Lipinski definition) is 2. The van der Waals surface area contributed by atoms with Crippen LogP contribution < -0.4 is 10.6 Å². The number of benzene rings is 1. The van der Waals surface area contributed by atoms with Crippen LogP contribution in [0, 0.1) is 0 Å². The molecule has 0 bridgehead atoms. The first-order chi connectivity index (χ1) is 12.2. The molecule has 0 aromatic heterocycles. The van der Waals surface area contributed by atoms with Gasteiger partial charge in [-0.25, -0.2) is 8.42 Å². The summed E-state index contributed by atoms with van der Waals surface area (Å²) in [6.07, 6.45) is 0. The summed E-state index contributed by atoms with van der Waals surface area (Å²) in [5.74, 6) is 0.610. The lowest BCUT2D eigenvalue weighted by atomic mass is 10.2. The maximum atomic E-state index is 12.1. The zero-order valence-electron chi connectivity index (χ0n) is 15.3. The molecule has 1 aromatic rings. The Morgan fingerprint density at radius 3 is 2.62 bits per heavy atom. The van der Waals surface area contributed by atoms with E-state index in [0.29, 0.717) is 37.7 Å². The molecule has 0 spiro atoms. The van der Waals surface area contributed by atoms with Gasteiger partial charge in [0.25, 0.3) is 5.91 Å². The van der Waals surface area contributed by atoms with Crippen molar-refractivity contribution < 1.29 is 13.2 Å². The Hall–Kier alpha value is -1.61. The van der Waals surface area contributed by atoms with Crippen LogP contribution in [0.5, 0.6) is 0 Å². The predicted octanol–water partition coefficient (Wildman–Crippen LogP) is 1.26. The quantitative estimate of drug-likeness (QED) is 0.414. The van der Waals surface area contributed by atoms with Crippen LogP contribution in [0.3, 0.4) is 0 Å². The lowest BCUT2D eigenvalue weighted by molar-refractivity contribution is 0.0954. The van der Waals surface area contributed by atoms with Gasteiger partial charge < -0.3 is 15.5 Å². The van der Waals surface area contributed by atoms with Crippen molar-refractivity contribution in [3.05, 3.63) is 34.3 Å². The summed E-state index contributed by atoms with van der Waals surface area (Å²) in [6, 6.07) is 7.19. The van der Waals surface area contributed by atoms with Crippen molar-refractivity contribution in [3.8, 4) is 0 Å². The second-order valence-corrected chi connectivity index (χ2v) is 10.4. The highest BCUT2D eigenvalue weighted by Crippen LogP contribution is 2.23. The Morgan fingerprint density at radius 2 is 2.00 bits per heavy atom. The Labute approximate surface area is 163 Å². The maximum Gasteiger partial charge on any atom is 0.251 e. The summed E-state index contributed by atoms with van der Waals surface area (Å²) < 4.78 is 24.3. The van der Waals surface area contributed by atoms with Crippen LogP contribution in [-0.4, -0.2) is 68.9 Å². The van der Waals surface area contributed by atoms with Gasteiger partial charge in [-0.05, 0) is 32.0 Å². The fraction of sp³-hybridized carbons (Fsp3) is 0.529. The number of sulfone groups is 1. The molecular formula is C17H25BrN4O3S. The van der Waals surface area contributed by atoms with E-state index < -0.39 is 14.6 Å². The zero-order chi connectivity index (χ0) is 19.4. The number of guanidine groups is 1. The number of nitrogens with zero attached hydrogens (tertiary/aromatic N) is 2. The molecule has 9 heteroatoms. The Bertz CT molecular complexity index is 793. The number of carbonyl (C=O) groups excluding carboxylic acids is 1. The summed E-state index contributed by atoms with van der Waals surface area (Å²) >= 11 is 3.35. The first-order valence-corrected chi connectivity index (χ1v) is 10.8. The molecule has 0 unspecified atom stereocenters. The van der Waals surface area contributed by atoms with Gasteiger partial charge in [0.2, 0.25) is 0 Å². The maximum absolute atomic E-state index is 12.1. The van der Waals surface area contributed by atoms with Gasteiger partial charge in [0, 0.05) is 43.3 Å². The van der Waals surface area contributed by atoms with Gasteiger partial charge in [-0.1, -0.05) is 22.0 Å². The normalized spacial score (nSPS) is 19.1. The molecule has 1 amide bonds. The van der Waals surface area contributed by atoms with E-state index in [-0.39, 0.29) is 11.7 Å². The number of carbonyl (C=O) groups is 1. The highest BCUT2D eigenvalue weighted by molar-refractivity contribution is 9.10. The minimum absolute atomic E-state index is 0.111. The first kappa shape index (κ1) is 20.7. The Kier molecular flexibility index (Phi) is 6.68. The summed E-state index contributed by atoms with van der Waals surface area (Å²) in [4.78, 5) is 18.3. The van der Waals surface area contributed by atoms with E-state index in [9.17, 15) is 13.2 Å². The standard InChI is InChI=1S/C17H25BrN4O3S/c1-17(2)12-22(9-10-26(17,24)25)16(19-3)21-8-7-20-15(23)13-5-4-6-14(18)11-13/h4-6,11H,7-10,12H2,1-3H3,(H,19,21)(H,20,23). The van der Waals surface area contributed by atoms with Crippen LogP contribution in [0.4, 0.5) is 0 Å². The molecule has 1 fully saturated rings. The van der Waals surface area contributed by atoms with Gasteiger partial charge >= 0.3 is 0 Å². The molecule has 26 heavy (non-hydrogen) atoms. The van der Waals surface area contributed by atoms with Gasteiger partial charge in [0.1, 0.15) is 0 Å². The van der Waals surface area contributed by atoms with Crippen molar-refractivity contribution in [1.82, 2.24) is 15.5 Å². The molecule has 1 saturated heterocycles. The fourth-order valence-corrected chi connectivity index (χ4v) is 4.50. The van der Waals surface area contributed by atoms with Crippen molar-refractivity contribution in [2.45, 2.75) is 18.6 Å². The van der Waals surface area contributed by atoms with Crippen LogP contribution in [0.15, 0.2) is 33.7 Å². The summed E-state index contributed by atoms with van der Waals surface area (Å²) in [7, 11) is -1.43. The number of rotatable bonds is 4. The van der Waals surface area contributed by atoms with E-state index in [1.807, 2.05) is 17.0 Å². The van der Waals surface area contributed by atoms with Gasteiger partial charge in [-0.15, -0.1) is 0 Å². The second-order valence-electron chi connectivity index (χ2n) is 6.74. The number of nitrogens with one attached hydrogen (secondary N) is 2. The van der Waals surface area contributed by atoms with Crippen molar-refractivity contribution in [2.75, 3.05) is 39.0 Å². The first-order valence-electron chi connectivity index (χ1n) is 8.38. The van der Waals surface area contributed by atoms with E-state index in [1.54, 1.807) is 33.0 Å². The lowest BCUT2D eigenvalue weighted by Crippen LogP contribution is -2.57. The van der Waals surface area contributed by atoms with Crippen LogP contribution in [0.25, 0.3) is 0 Å². The highest BCUT2D eigenvalue weighted by Gasteiger charge is 2.40. The minimum atomic E-state index is -3.09. The second kappa shape index (κ2) is 8.39. The van der Waals surface area contributed by atoms with Crippen molar-refractivity contribution in [2.24, 2.45) is 4.99 Å². The van der Waals surface area contributed by atoms with Crippen molar-refractivity contribution in [1.29, 1.82) is 0 Å². The molecule has 2 rings (SSSR count). The highest BCUT2D eigenvalue weighted by atomic mass is 79.9. The van der Waals surface area contributed by atoms with Gasteiger partial charge in [-0.2, -0.15) is 0 Å². The third-order valence-corrected chi connectivity index (χ3v) is 7.36. The van der Waals surface area contributed by atoms with Crippen molar-refractivity contribution in [3.63, 3.8) is 0 Å². The van der Waals surface area contributed by atoms with Crippen LogP contribution in [0.2, 0.25) is 0 Å². The smallest absolute Gasteiger partial charge is 0.251 e. The van der Waals surface area contributed by atoms with Gasteiger partial charge in [0.15, 0.2) is 15.8 Å². The fourth-order valence-electron chi connectivity index (χ4n) is 2.74. The Balaban J connectivity index is 1.84. The van der Waals surface area contributed by atoms with Crippen LogP contribution >= 0.6 is 15.9 Å². The predicted molar refractivity (Wildman–Crippen MR) is 107 cm³/mol. The zero-order valence-corrected chi connectivity index (χ0v) is 17.7. The summed E-state index contributed by atoms with van der Waals surface area (Å²) in [5, 5.41) is 6.03. The lowest BCUT2D eigenvalue weighted by Gasteiger charge is -2.39. The number of amides is 1. The van der Waals surface area contributed by atoms with Gasteiger partial charge in [0.05, 0.1) is 10.5 Å². The number of halogens is 1. The third kappa shape index (κ3) is 4.97. The molecule has 1 aliphatic heterocycles. The Morgan fingerprint density at radius 1 is 1.31 bits per heavy atom. The molecule has 1 aliphatic rings.